The average molecular weight is 571 g/mol. The first-order chi connectivity index (χ1) is 19.0. The Hall–Kier alpha value is -2.51. The average Bonchev–Trinajstić information content (AvgIpc) is 2.91. The highest BCUT2D eigenvalue weighted by molar-refractivity contribution is 5.30. The van der Waals surface area contributed by atoms with Gasteiger partial charge in [0.25, 0.3) is 0 Å². The fraction of sp³-hybridized carbons (Fsp3) is 0.562. The first kappa shape index (κ1) is 30.4. The summed E-state index contributed by atoms with van der Waals surface area (Å²) in [6.07, 6.45) is 3.48. The fourth-order valence-electron chi connectivity index (χ4n) is 6.07. The largest absolute Gasteiger partial charge is 0.432 e. The zero-order valence-electron chi connectivity index (χ0n) is 22.8. The molecule has 0 aliphatic heterocycles. The highest BCUT2D eigenvalue weighted by atomic mass is 19.4. The van der Waals surface area contributed by atoms with Crippen LogP contribution in [0.1, 0.15) is 93.7 Å². The highest BCUT2D eigenvalue weighted by Gasteiger charge is 2.44. The van der Waals surface area contributed by atoms with E-state index in [1.165, 1.54) is 12.1 Å². The molecule has 0 heterocycles. The van der Waals surface area contributed by atoms with E-state index in [1.54, 1.807) is 0 Å². The summed E-state index contributed by atoms with van der Waals surface area (Å²) in [5, 5.41) is 0. The predicted molar refractivity (Wildman–Crippen MR) is 141 cm³/mol. The standard InChI is InChI=1S/C32H37F7O/c1-2-3-4-23-19-28(33)30(29(34)20-23)24-11-7-21(8-12-24)5-6-22-9-13-26(14-10-22)32(38,39)40-27-17-15-25(16-18-27)31(35,36)37/h5-6,15-22,24,26H,2-4,7-14H2,1H3/b6-5+. The lowest BCUT2D eigenvalue weighted by molar-refractivity contribution is -0.223. The fourth-order valence-corrected chi connectivity index (χ4v) is 6.07. The van der Waals surface area contributed by atoms with Crippen molar-refractivity contribution in [3.63, 3.8) is 0 Å². The molecule has 0 spiro atoms. The van der Waals surface area contributed by atoms with Crippen molar-refractivity contribution in [1.82, 2.24) is 0 Å². The lowest BCUT2D eigenvalue weighted by Crippen LogP contribution is -2.37. The number of hydrogen-bond donors (Lipinski definition) is 0. The minimum atomic E-state index is -4.54. The molecule has 0 aromatic heterocycles. The predicted octanol–water partition coefficient (Wildman–Crippen LogP) is 10.6. The molecule has 40 heavy (non-hydrogen) atoms. The Morgan fingerprint density at radius 2 is 1.30 bits per heavy atom. The Morgan fingerprint density at radius 1 is 0.775 bits per heavy atom. The van der Waals surface area contributed by atoms with Crippen LogP contribution in [0.2, 0.25) is 0 Å². The van der Waals surface area contributed by atoms with Gasteiger partial charge >= 0.3 is 12.3 Å². The normalized spacial score (nSPS) is 24.4. The molecule has 4 rings (SSSR count). The van der Waals surface area contributed by atoms with E-state index in [9.17, 15) is 30.7 Å². The van der Waals surface area contributed by atoms with E-state index in [2.05, 4.69) is 12.2 Å². The SMILES string of the molecule is CCCCc1cc(F)c(C2CCC(/C=C/C3CCC(C(F)(F)Oc4ccc(C(F)(F)F)cc4)CC3)CC2)c(F)c1. The lowest BCUT2D eigenvalue weighted by atomic mass is 9.76. The van der Waals surface area contributed by atoms with E-state index >= 15 is 0 Å². The number of allylic oxidation sites excluding steroid dienone is 2. The van der Waals surface area contributed by atoms with Gasteiger partial charge in [-0.1, -0.05) is 25.5 Å². The third kappa shape index (κ3) is 7.82. The Morgan fingerprint density at radius 3 is 1.80 bits per heavy atom. The second-order valence-electron chi connectivity index (χ2n) is 11.4. The third-order valence-corrected chi connectivity index (χ3v) is 8.48. The third-order valence-electron chi connectivity index (χ3n) is 8.48. The molecule has 0 amide bonds. The van der Waals surface area contributed by atoms with Crippen LogP contribution in [0.3, 0.4) is 0 Å². The minimum Gasteiger partial charge on any atom is -0.432 e. The highest BCUT2D eigenvalue weighted by Crippen LogP contribution is 2.42. The summed E-state index contributed by atoms with van der Waals surface area (Å²) in [4.78, 5) is 0. The van der Waals surface area contributed by atoms with Crippen molar-refractivity contribution in [3.05, 3.63) is 76.9 Å². The Balaban J connectivity index is 1.23. The quantitative estimate of drug-likeness (QED) is 0.215. The van der Waals surface area contributed by atoms with E-state index in [0.717, 1.165) is 49.9 Å². The number of hydrogen-bond acceptors (Lipinski definition) is 1. The van der Waals surface area contributed by atoms with Gasteiger partial charge in [0, 0.05) is 5.56 Å². The molecule has 2 aliphatic rings. The molecule has 220 valence electrons. The smallest absolute Gasteiger partial charge is 0.416 e. The van der Waals surface area contributed by atoms with E-state index < -0.39 is 35.4 Å². The minimum absolute atomic E-state index is 0.132. The molecule has 2 fully saturated rings. The van der Waals surface area contributed by atoms with Gasteiger partial charge in [-0.3, -0.25) is 0 Å². The molecule has 0 N–H and O–H groups in total. The van der Waals surface area contributed by atoms with Crippen molar-refractivity contribution >= 4 is 0 Å². The summed E-state index contributed by atoms with van der Waals surface area (Å²) >= 11 is 0. The zero-order chi connectivity index (χ0) is 28.9. The second-order valence-corrected chi connectivity index (χ2v) is 11.4. The first-order valence-electron chi connectivity index (χ1n) is 14.4. The number of aryl methyl sites for hydroxylation is 1. The van der Waals surface area contributed by atoms with Gasteiger partial charge in [0.1, 0.15) is 17.4 Å². The van der Waals surface area contributed by atoms with E-state index in [4.69, 9.17) is 4.74 Å². The summed E-state index contributed by atoms with van der Waals surface area (Å²) in [5.74, 6) is -1.85. The van der Waals surface area contributed by atoms with E-state index in [0.29, 0.717) is 43.6 Å². The van der Waals surface area contributed by atoms with Crippen molar-refractivity contribution in [2.75, 3.05) is 0 Å². The maximum Gasteiger partial charge on any atom is 0.416 e. The maximum atomic E-state index is 14.7. The molecule has 0 bridgehead atoms. The van der Waals surface area contributed by atoms with Crippen LogP contribution in [0.5, 0.6) is 5.75 Å². The van der Waals surface area contributed by atoms with Crippen LogP contribution in [-0.4, -0.2) is 6.11 Å². The van der Waals surface area contributed by atoms with Crippen LogP contribution in [0.25, 0.3) is 0 Å². The Bertz CT molecular complexity index is 1100. The van der Waals surface area contributed by atoms with Crippen molar-refractivity contribution in [2.45, 2.75) is 95.8 Å². The second kappa shape index (κ2) is 13.0. The molecule has 0 saturated heterocycles. The summed E-state index contributed by atoms with van der Waals surface area (Å²) in [6, 6.07) is 6.27. The number of rotatable bonds is 9. The van der Waals surface area contributed by atoms with Gasteiger partial charge in [-0.15, -0.1) is 0 Å². The number of unbranched alkanes of at least 4 members (excludes halogenated alkanes) is 1. The number of halogens is 7. The summed E-state index contributed by atoms with van der Waals surface area (Å²) in [6.45, 7) is 2.04. The van der Waals surface area contributed by atoms with Crippen molar-refractivity contribution < 1.29 is 35.5 Å². The van der Waals surface area contributed by atoms with Crippen LogP contribution >= 0.6 is 0 Å². The Labute approximate surface area is 231 Å². The molecule has 8 heteroatoms. The molecule has 0 atom stereocenters. The molecule has 0 unspecified atom stereocenters. The molecule has 0 radical (unpaired) electrons. The number of ether oxygens (including phenoxy) is 1. The van der Waals surface area contributed by atoms with Crippen molar-refractivity contribution in [3.8, 4) is 5.75 Å². The number of benzene rings is 2. The molecule has 2 aromatic carbocycles. The molecule has 1 nitrogen and oxygen atoms in total. The monoisotopic (exact) mass is 570 g/mol. The van der Waals surface area contributed by atoms with Gasteiger partial charge in [0.15, 0.2) is 0 Å². The lowest BCUT2D eigenvalue weighted by Gasteiger charge is -2.33. The molecular formula is C32H37F7O. The van der Waals surface area contributed by atoms with Gasteiger partial charge in [-0.25, -0.2) is 8.78 Å². The van der Waals surface area contributed by atoms with Crippen LogP contribution in [0.4, 0.5) is 30.7 Å². The van der Waals surface area contributed by atoms with Gasteiger partial charge in [0.2, 0.25) is 0 Å². The van der Waals surface area contributed by atoms with Gasteiger partial charge in [0.05, 0.1) is 11.5 Å². The summed E-state index contributed by atoms with van der Waals surface area (Å²) in [5.41, 5.74) is -0.00367. The van der Waals surface area contributed by atoms with Gasteiger partial charge < -0.3 is 4.74 Å². The van der Waals surface area contributed by atoms with Crippen LogP contribution in [0, 0.1) is 29.4 Å². The van der Waals surface area contributed by atoms with Crippen LogP contribution in [-0.2, 0) is 12.6 Å². The summed E-state index contributed by atoms with van der Waals surface area (Å²) < 4.78 is 102. The Kier molecular flexibility index (Phi) is 9.89. The van der Waals surface area contributed by atoms with E-state index in [1.807, 2.05) is 6.92 Å². The van der Waals surface area contributed by atoms with Crippen LogP contribution < -0.4 is 4.74 Å². The summed E-state index contributed by atoms with van der Waals surface area (Å²) in [7, 11) is 0. The number of alkyl halides is 5. The van der Waals surface area contributed by atoms with Gasteiger partial charge in [-0.05, 0) is 124 Å². The molecule has 2 saturated carbocycles. The van der Waals surface area contributed by atoms with Crippen LogP contribution in [0.15, 0.2) is 48.6 Å². The first-order valence-corrected chi connectivity index (χ1v) is 14.4. The molecule has 2 aromatic rings. The molecule has 2 aliphatic carbocycles. The maximum absolute atomic E-state index is 14.7. The van der Waals surface area contributed by atoms with Gasteiger partial charge in [-0.2, -0.15) is 22.0 Å². The zero-order valence-corrected chi connectivity index (χ0v) is 22.8. The molecular weight excluding hydrogens is 533 g/mol. The van der Waals surface area contributed by atoms with E-state index in [-0.39, 0.29) is 36.0 Å². The van der Waals surface area contributed by atoms with Crippen molar-refractivity contribution in [1.29, 1.82) is 0 Å². The topological polar surface area (TPSA) is 9.23 Å². The van der Waals surface area contributed by atoms with Crippen molar-refractivity contribution in [2.24, 2.45) is 17.8 Å².